The van der Waals surface area contributed by atoms with Crippen molar-refractivity contribution in [1.82, 2.24) is 10.6 Å². The highest BCUT2D eigenvalue weighted by Gasteiger charge is 2.32. The summed E-state index contributed by atoms with van der Waals surface area (Å²) in [6.07, 6.45) is 6.25. The lowest BCUT2D eigenvalue weighted by Crippen LogP contribution is -2.54. The molecule has 3 atom stereocenters. The van der Waals surface area contributed by atoms with Crippen LogP contribution in [0.2, 0.25) is 0 Å². The monoisotopic (exact) mass is 486 g/mol. The van der Waals surface area contributed by atoms with Gasteiger partial charge < -0.3 is 38.7 Å². The molecule has 0 saturated carbocycles. The molecule has 0 aliphatic heterocycles. The molecule has 0 amide bonds. The van der Waals surface area contributed by atoms with Crippen LogP contribution < -0.4 is 33.6 Å². The van der Waals surface area contributed by atoms with E-state index in [0.717, 1.165) is 32.1 Å². The molecule has 0 aliphatic carbocycles. The number of nitrogens with two attached hydrogens (primary N) is 4. The van der Waals surface area contributed by atoms with Gasteiger partial charge in [-0.05, 0) is 85.9 Å². The van der Waals surface area contributed by atoms with Gasteiger partial charge in [-0.2, -0.15) is 0 Å². The van der Waals surface area contributed by atoms with Crippen molar-refractivity contribution < 1.29 is 19.5 Å². The number of unbranched alkanes of at least 4 members (excludes halogenated alkanes) is 3. The van der Waals surface area contributed by atoms with E-state index in [1.165, 1.54) is 0 Å². The number of carboxylic acid groups (broad SMARTS) is 1. The van der Waals surface area contributed by atoms with Gasteiger partial charge in [-0.15, -0.1) is 0 Å². The van der Waals surface area contributed by atoms with Crippen LogP contribution in [0.15, 0.2) is 0 Å². The Balaban J connectivity index is 4.24. The number of hydrogen-bond acceptors (Lipinski definition) is 9. The van der Waals surface area contributed by atoms with Crippen LogP contribution in [-0.4, -0.2) is 71.5 Å². The number of carbonyl (C=O) groups is 3. The fourth-order valence-corrected chi connectivity index (χ4v) is 3.78. The predicted molar refractivity (Wildman–Crippen MR) is 136 cm³/mol. The van der Waals surface area contributed by atoms with Crippen LogP contribution in [0.4, 0.5) is 0 Å². The maximum atomic E-state index is 12.8. The summed E-state index contributed by atoms with van der Waals surface area (Å²) in [6, 6.07) is -1.92. The van der Waals surface area contributed by atoms with E-state index < -0.39 is 35.2 Å². The predicted octanol–water partition coefficient (Wildman–Crippen LogP) is 0.397. The molecular formula is C24H50N6O4. The van der Waals surface area contributed by atoms with E-state index >= 15 is 0 Å². The van der Waals surface area contributed by atoms with Crippen LogP contribution in [-0.2, 0) is 14.4 Å². The van der Waals surface area contributed by atoms with Crippen LogP contribution in [0.3, 0.4) is 0 Å². The number of carbonyl (C=O) groups excluding carboxylic acids is 2. The lowest BCUT2D eigenvalue weighted by Gasteiger charge is -2.29. The Morgan fingerprint density at radius 3 is 1.38 bits per heavy atom. The van der Waals surface area contributed by atoms with Gasteiger partial charge in [0, 0.05) is 0 Å². The zero-order valence-electron chi connectivity index (χ0n) is 21.7. The summed E-state index contributed by atoms with van der Waals surface area (Å²) in [4.78, 5) is 36.1. The lowest BCUT2D eigenvalue weighted by molar-refractivity contribution is -0.138. The van der Waals surface area contributed by atoms with Gasteiger partial charge in [0.05, 0.1) is 23.2 Å². The summed E-state index contributed by atoms with van der Waals surface area (Å²) in [7, 11) is 0. The Labute approximate surface area is 205 Å². The third kappa shape index (κ3) is 12.9. The van der Waals surface area contributed by atoms with Crippen LogP contribution in [0.25, 0.3) is 0 Å². The summed E-state index contributed by atoms with van der Waals surface area (Å²) in [6.45, 7) is 9.13. The Morgan fingerprint density at radius 1 is 0.676 bits per heavy atom. The van der Waals surface area contributed by atoms with Gasteiger partial charge in [-0.3, -0.25) is 14.4 Å². The molecule has 0 aromatic rings. The van der Waals surface area contributed by atoms with Gasteiger partial charge >= 0.3 is 5.97 Å². The molecule has 0 radical (unpaired) electrons. The molecule has 0 rings (SSSR count). The summed E-state index contributed by atoms with van der Waals surface area (Å²) in [5, 5.41) is 15.3. The van der Waals surface area contributed by atoms with Gasteiger partial charge in [-0.25, -0.2) is 0 Å². The number of aliphatic carboxylic acids is 1. The molecule has 0 fully saturated rings. The minimum Gasteiger partial charge on any atom is -0.480 e. The first-order valence-electron chi connectivity index (χ1n) is 12.5. The highest BCUT2D eigenvalue weighted by atomic mass is 16.4. The first kappa shape index (κ1) is 32.6. The molecule has 11 N–H and O–H groups in total. The molecule has 10 nitrogen and oxygen atoms in total. The van der Waals surface area contributed by atoms with E-state index in [2.05, 4.69) is 10.6 Å². The maximum absolute atomic E-state index is 12.8. The van der Waals surface area contributed by atoms with Gasteiger partial charge in [-0.1, -0.05) is 19.3 Å². The average Bonchev–Trinajstić information content (AvgIpc) is 2.76. The van der Waals surface area contributed by atoms with E-state index in [1.807, 2.05) is 27.7 Å². The molecule has 34 heavy (non-hydrogen) atoms. The van der Waals surface area contributed by atoms with Crippen molar-refractivity contribution in [1.29, 1.82) is 0 Å². The third-order valence-electron chi connectivity index (χ3n) is 6.21. The largest absolute Gasteiger partial charge is 0.480 e. The van der Waals surface area contributed by atoms with Crippen LogP contribution >= 0.6 is 0 Å². The smallest absolute Gasteiger partial charge is 0.320 e. The Morgan fingerprint density at radius 2 is 1.03 bits per heavy atom. The number of Topliss-reactive ketones (excluding diaryl/α,β-unsaturated/α-hetero) is 2. The SMILES string of the molecule is CC(C)(NCCCCC(N)C(=O)C(C)(C)NCCCCC(N)C(=O)O)C(=O)C(N)CCCCN. The molecule has 0 bridgehead atoms. The molecule has 3 unspecified atom stereocenters. The minimum absolute atomic E-state index is 0.00540. The zero-order chi connectivity index (χ0) is 26.4. The van der Waals surface area contributed by atoms with Crippen molar-refractivity contribution in [3.8, 4) is 0 Å². The maximum Gasteiger partial charge on any atom is 0.320 e. The van der Waals surface area contributed by atoms with Crippen molar-refractivity contribution in [3.05, 3.63) is 0 Å². The number of rotatable bonds is 21. The van der Waals surface area contributed by atoms with Crippen LogP contribution in [0.1, 0.15) is 85.5 Å². The van der Waals surface area contributed by atoms with Crippen LogP contribution in [0, 0.1) is 0 Å². The van der Waals surface area contributed by atoms with E-state index in [9.17, 15) is 14.4 Å². The van der Waals surface area contributed by atoms with E-state index in [1.54, 1.807) is 0 Å². The standard InChI is InChI=1S/C24H50N6O4/c1-23(2,20(31)17(26)11-5-8-14-25)29-15-9-6-12-18(27)21(32)24(3,4)30-16-10-7-13-19(28)22(33)34/h17-19,29-30H,5-16,25-28H2,1-4H3,(H,33,34). The molecule has 200 valence electrons. The molecule has 0 heterocycles. The van der Waals surface area contributed by atoms with Crippen molar-refractivity contribution in [2.45, 2.75) is 115 Å². The van der Waals surface area contributed by atoms with Crippen molar-refractivity contribution in [2.24, 2.45) is 22.9 Å². The van der Waals surface area contributed by atoms with Crippen molar-refractivity contribution in [3.63, 3.8) is 0 Å². The first-order chi connectivity index (χ1) is 15.8. The highest BCUT2D eigenvalue weighted by Crippen LogP contribution is 2.13. The number of nitrogens with one attached hydrogen (secondary N) is 2. The van der Waals surface area contributed by atoms with Gasteiger partial charge in [0.15, 0.2) is 11.6 Å². The molecule has 0 aromatic carbocycles. The van der Waals surface area contributed by atoms with Gasteiger partial charge in [0.1, 0.15) is 6.04 Å². The highest BCUT2D eigenvalue weighted by molar-refractivity contribution is 5.92. The normalized spacial score (nSPS) is 15.1. The second-order valence-electron chi connectivity index (χ2n) is 10.3. The Hall–Kier alpha value is -1.43. The second kappa shape index (κ2) is 16.3. The molecule has 0 aromatic heterocycles. The van der Waals surface area contributed by atoms with Crippen LogP contribution in [0.5, 0.6) is 0 Å². The molecule has 10 heteroatoms. The second-order valence-corrected chi connectivity index (χ2v) is 10.3. The van der Waals surface area contributed by atoms with Gasteiger partial charge in [0.25, 0.3) is 0 Å². The molecular weight excluding hydrogens is 436 g/mol. The van der Waals surface area contributed by atoms with E-state index in [-0.39, 0.29) is 11.6 Å². The molecule has 0 aliphatic rings. The average molecular weight is 487 g/mol. The Kier molecular flexibility index (Phi) is 15.6. The molecule has 0 saturated heterocycles. The summed E-state index contributed by atoms with van der Waals surface area (Å²) < 4.78 is 0. The fraction of sp³-hybridized carbons (Fsp3) is 0.875. The third-order valence-corrected chi connectivity index (χ3v) is 6.21. The summed E-state index contributed by atoms with van der Waals surface area (Å²) >= 11 is 0. The fourth-order valence-electron chi connectivity index (χ4n) is 3.78. The zero-order valence-corrected chi connectivity index (χ0v) is 21.7. The number of ketones is 2. The first-order valence-corrected chi connectivity index (χ1v) is 12.5. The van der Waals surface area contributed by atoms with Gasteiger partial charge in [0.2, 0.25) is 0 Å². The molecule has 0 spiro atoms. The van der Waals surface area contributed by atoms with Crippen molar-refractivity contribution >= 4 is 17.5 Å². The van der Waals surface area contributed by atoms with E-state index in [0.29, 0.717) is 45.3 Å². The summed E-state index contributed by atoms with van der Waals surface area (Å²) in [5.74, 6) is -1.06. The minimum atomic E-state index is -0.998. The number of hydrogen-bond donors (Lipinski definition) is 7. The van der Waals surface area contributed by atoms with Crippen molar-refractivity contribution in [2.75, 3.05) is 19.6 Å². The van der Waals surface area contributed by atoms with E-state index in [4.69, 9.17) is 28.0 Å². The topological polar surface area (TPSA) is 200 Å². The quantitative estimate of drug-likeness (QED) is 0.111. The summed E-state index contributed by atoms with van der Waals surface area (Å²) in [5.41, 5.74) is 21.7. The number of carboxylic acids is 1. The Bertz CT molecular complexity index is 627. The lowest BCUT2D eigenvalue weighted by atomic mass is 9.90.